The molecule has 3 nitrogen and oxygen atoms in total. The first-order valence-corrected chi connectivity index (χ1v) is 6.96. The molecule has 1 N–H and O–H groups in total. The summed E-state index contributed by atoms with van der Waals surface area (Å²) in [6.07, 6.45) is 3.36. The van der Waals surface area contributed by atoms with Gasteiger partial charge in [0.15, 0.2) is 0 Å². The third-order valence-electron chi connectivity index (χ3n) is 2.49. The molecular formula is C14H13BrClNO2. The van der Waals surface area contributed by atoms with E-state index in [1.54, 1.807) is 36.7 Å². The fourth-order valence-electron chi connectivity index (χ4n) is 1.62. The van der Waals surface area contributed by atoms with Gasteiger partial charge in [-0.3, -0.25) is 4.98 Å². The van der Waals surface area contributed by atoms with Crippen LogP contribution in [0.3, 0.4) is 0 Å². The van der Waals surface area contributed by atoms with Gasteiger partial charge in [-0.15, -0.1) is 0 Å². The average molecular weight is 343 g/mol. The summed E-state index contributed by atoms with van der Waals surface area (Å²) in [6.45, 7) is 0.230. The number of rotatable bonds is 5. The first-order valence-electron chi connectivity index (χ1n) is 5.79. The maximum atomic E-state index is 9.92. The third kappa shape index (κ3) is 4.82. The van der Waals surface area contributed by atoms with Crippen LogP contribution in [0.4, 0.5) is 0 Å². The van der Waals surface area contributed by atoms with Gasteiger partial charge in [0.1, 0.15) is 12.4 Å². The van der Waals surface area contributed by atoms with Crippen LogP contribution in [0.2, 0.25) is 5.02 Å². The minimum Gasteiger partial charge on any atom is -0.491 e. The Bertz CT molecular complexity index is 533. The van der Waals surface area contributed by atoms with Crippen LogP contribution in [0, 0.1) is 0 Å². The molecule has 100 valence electrons. The number of aliphatic hydroxyl groups excluding tert-OH is 1. The van der Waals surface area contributed by atoms with Gasteiger partial charge in [-0.1, -0.05) is 11.6 Å². The predicted octanol–water partition coefficient (Wildman–Crippen LogP) is 3.48. The topological polar surface area (TPSA) is 42.4 Å². The van der Waals surface area contributed by atoms with Crippen molar-refractivity contribution in [3.05, 3.63) is 57.8 Å². The van der Waals surface area contributed by atoms with Gasteiger partial charge in [-0.2, -0.15) is 0 Å². The molecule has 0 spiro atoms. The lowest BCUT2D eigenvalue weighted by molar-refractivity contribution is 0.107. The van der Waals surface area contributed by atoms with Gasteiger partial charge in [-0.25, -0.2) is 0 Å². The van der Waals surface area contributed by atoms with Gasteiger partial charge >= 0.3 is 0 Å². The number of pyridine rings is 1. The zero-order valence-electron chi connectivity index (χ0n) is 10.1. The Morgan fingerprint density at radius 2 is 2.00 bits per heavy atom. The minimum absolute atomic E-state index is 0.230. The van der Waals surface area contributed by atoms with Crippen LogP contribution in [-0.2, 0) is 6.42 Å². The van der Waals surface area contributed by atoms with E-state index in [-0.39, 0.29) is 6.61 Å². The zero-order chi connectivity index (χ0) is 13.7. The number of benzene rings is 1. The van der Waals surface area contributed by atoms with E-state index in [1.165, 1.54) is 0 Å². The summed E-state index contributed by atoms with van der Waals surface area (Å²) in [6, 6.07) is 8.98. The number of ether oxygens (including phenoxy) is 1. The first-order chi connectivity index (χ1) is 9.13. The van der Waals surface area contributed by atoms with E-state index in [0.717, 1.165) is 10.0 Å². The Balaban J connectivity index is 1.84. The number of halogens is 2. The molecule has 1 unspecified atom stereocenters. The lowest BCUT2D eigenvalue weighted by atomic mass is 10.1. The maximum absolute atomic E-state index is 9.92. The second-order valence-corrected chi connectivity index (χ2v) is 5.49. The molecule has 0 aliphatic carbocycles. The van der Waals surface area contributed by atoms with Crippen molar-refractivity contribution in [3.63, 3.8) is 0 Å². The van der Waals surface area contributed by atoms with Crippen LogP contribution in [0.1, 0.15) is 5.56 Å². The van der Waals surface area contributed by atoms with Crippen LogP contribution < -0.4 is 4.74 Å². The van der Waals surface area contributed by atoms with Crippen molar-refractivity contribution in [1.82, 2.24) is 4.98 Å². The molecule has 0 radical (unpaired) electrons. The van der Waals surface area contributed by atoms with Gasteiger partial charge in [0.05, 0.1) is 6.10 Å². The number of hydrogen-bond acceptors (Lipinski definition) is 3. The maximum Gasteiger partial charge on any atom is 0.119 e. The normalized spacial score (nSPS) is 12.2. The number of aliphatic hydroxyl groups is 1. The molecule has 2 rings (SSSR count). The molecule has 1 aromatic carbocycles. The van der Waals surface area contributed by atoms with Crippen LogP contribution in [0.25, 0.3) is 0 Å². The monoisotopic (exact) mass is 341 g/mol. The van der Waals surface area contributed by atoms with E-state index in [0.29, 0.717) is 17.2 Å². The summed E-state index contributed by atoms with van der Waals surface area (Å²) in [5, 5.41) is 10.6. The molecule has 1 atom stereocenters. The quantitative estimate of drug-likeness (QED) is 0.904. The zero-order valence-corrected chi connectivity index (χ0v) is 12.4. The first kappa shape index (κ1) is 14.3. The Labute approximate surface area is 125 Å². The summed E-state index contributed by atoms with van der Waals surface area (Å²) in [5.74, 6) is 0.691. The third-order valence-corrected chi connectivity index (χ3v) is 3.17. The van der Waals surface area contributed by atoms with Gasteiger partial charge in [0.2, 0.25) is 0 Å². The minimum atomic E-state index is -0.577. The van der Waals surface area contributed by atoms with E-state index in [1.807, 2.05) is 6.07 Å². The van der Waals surface area contributed by atoms with Crippen LogP contribution in [0.15, 0.2) is 47.2 Å². The Morgan fingerprint density at radius 1 is 1.26 bits per heavy atom. The molecule has 1 heterocycles. The van der Waals surface area contributed by atoms with Gasteiger partial charge < -0.3 is 9.84 Å². The van der Waals surface area contributed by atoms with Gasteiger partial charge in [0.25, 0.3) is 0 Å². The predicted molar refractivity (Wildman–Crippen MR) is 78.6 cm³/mol. The molecule has 5 heteroatoms. The van der Waals surface area contributed by atoms with Crippen molar-refractivity contribution >= 4 is 27.5 Å². The van der Waals surface area contributed by atoms with Crippen molar-refractivity contribution in [2.45, 2.75) is 12.5 Å². The van der Waals surface area contributed by atoms with E-state index in [2.05, 4.69) is 20.9 Å². The van der Waals surface area contributed by atoms with Crippen molar-refractivity contribution in [1.29, 1.82) is 0 Å². The molecule has 2 aromatic rings. The molecule has 19 heavy (non-hydrogen) atoms. The molecule has 0 saturated heterocycles. The molecule has 0 saturated carbocycles. The largest absolute Gasteiger partial charge is 0.491 e. The molecular weight excluding hydrogens is 330 g/mol. The number of aromatic nitrogens is 1. The lowest BCUT2D eigenvalue weighted by Gasteiger charge is -2.12. The highest BCUT2D eigenvalue weighted by Gasteiger charge is 2.07. The van der Waals surface area contributed by atoms with Gasteiger partial charge in [0, 0.05) is 28.3 Å². The molecule has 0 aliphatic rings. The second kappa shape index (κ2) is 6.89. The van der Waals surface area contributed by atoms with E-state index >= 15 is 0 Å². The Morgan fingerprint density at radius 3 is 2.68 bits per heavy atom. The highest BCUT2D eigenvalue weighted by molar-refractivity contribution is 9.10. The summed E-state index contributed by atoms with van der Waals surface area (Å²) >= 11 is 9.13. The van der Waals surface area contributed by atoms with Crippen molar-refractivity contribution < 1.29 is 9.84 Å². The molecule has 0 aliphatic heterocycles. The summed E-state index contributed by atoms with van der Waals surface area (Å²) in [7, 11) is 0. The average Bonchev–Trinajstić information content (AvgIpc) is 2.38. The van der Waals surface area contributed by atoms with E-state index in [9.17, 15) is 5.11 Å². The van der Waals surface area contributed by atoms with Crippen molar-refractivity contribution in [2.75, 3.05) is 6.61 Å². The fraction of sp³-hybridized carbons (Fsp3) is 0.214. The second-order valence-electron chi connectivity index (χ2n) is 4.13. The lowest BCUT2D eigenvalue weighted by Crippen LogP contribution is -2.20. The summed E-state index contributed by atoms with van der Waals surface area (Å²) < 4.78 is 6.38. The van der Waals surface area contributed by atoms with Gasteiger partial charge in [-0.05, 0) is 51.8 Å². The summed E-state index contributed by atoms with van der Waals surface area (Å²) in [5.41, 5.74) is 0.960. The van der Waals surface area contributed by atoms with Crippen LogP contribution in [-0.4, -0.2) is 22.8 Å². The molecule has 0 fully saturated rings. The SMILES string of the molecule is OC(COc1ccc(Cl)cc1)Cc1cncc(Br)c1. The van der Waals surface area contributed by atoms with Crippen LogP contribution >= 0.6 is 27.5 Å². The molecule has 0 amide bonds. The molecule has 0 bridgehead atoms. The number of hydrogen-bond donors (Lipinski definition) is 1. The fourth-order valence-corrected chi connectivity index (χ4v) is 2.16. The number of nitrogens with zero attached hydrogens (tertiary/aromatic N) is 1. The van der Waals surface area contributed by atoms with E-state index in [4.69, 9.17) is 16.3 Å². The highest BCUT2D eigenvalue weighted by Crippen LogP contribution is 2.16. The Kier molecular flexibility index (Phi) is 5.19. The van der Waals surface area contributed by atoms with Crippen molar-refractivity contribution in [2.24, 2.45) is 0 Å². The van der Waals surface area contributed by atoms with E-state index < -0.39 is 6.10 Å². The van der Waals surface area contributed by atoms with Crippen LogP contribution in [0.5, 0.6) is 5.75 Å². The summed E-state index contributed by atoms with van der Waals surface area (Å²) in [4.78, 5) is 4.05. The molecule has 1 aromatic heterocycles. The highest BCUT2D eigenvalue weighted by atomic mass is 79.9. The smallest absolute Gasteiger partial charge is 0.119 e. The standard InChI is InChI=1S/C14H13BrClNO2/c15-11-5-10(7-17-8-11)6-13(18)9-19-14-3-1-12(16)2-4-14/h1-5,7-8,13,18H,6,9H2. The van der Waals surface area contributed by atoms with Crippen molar-refractivity contribution in [3.8, 4) is 5.75 Å². The Hall–Kier alpha value is -1.10.